The molecular weight excluding hydrogens is 334 g/mol. The summed E-state index contributed by atoms with van der Waals surface area (Å²) in [4.78, 5) is 14.0. The van der Waals surface area contributed by atoms with E-state index in [2.05, 4.69) is 43.7 Å². The highest BCUT2D eigenvalue weighted by atomic mass is 79.9. The molecule has 2 aromatic rings. The minimum Gasteiger partial charge on any atom is -0.465 e. The summed E-state index contributed by atoms with van der Waals surface area (Å²) >= 11 is 3.53. The predicted octanol–water partition coefficient (Wildman–Crippen LogP) is 3.17. The standard InChI is InChI=1S/C15H18BrN3O2/c16-9-4-5-12-11(8-9)10-2-1-3-13(14(10)19-12)17-6-7-18-15(20)21/h4-5,8,13,17-19H,1-3,6-7H2,(H,20,21). The van der Waals surface area contributed by atoms with Gasteiger partial charge in [0.1, 0.15) is 0 Å². The Morgan fingerprint density at radius 2 is 2.29 bits per heavy atom. The Hall–Kier alpha value is -1.53. The number of rotatable bonds is 4. The van der Waals surface area contributed by atoms with Crippen LogP contribution in [-0.4, -0.2) is 29.3 Å². The predicted molar refractivity (Wildman–Crippen MR) is 85.7 cm³/mol. The molecule has 4 N–H and O–H groups in total. The molecule has 0 fully saturated rings. The van der Waals surface area contributed by atoms with Gasteiger partial charge >= 0.3 is 6.09 Å². The maximum Gasteiger partial charge on any atom is 0.404 e. The van der Waals surface area contributed by atoms with Crippen molar-refractivity contribution < 1.29 is 9.90 Å². The van der Waals surface area contributed by atoms with Crippen molar-refractivity contribution in [1.29, 1.82) is 0 Å². The van der Waals surface area contributed by atoms with Crippen LogP contribution in [0.3, 0.4) is 0 Å². The molecule has 0 radical (unpaired) electrons. The van der Waals surface area contributed by atoms with Gasteiger partial charge in [-0.2, -0.15) is 0 Å². The van der Waals surface area contributed by atoms with Gasteiger partial charge in [0.05, 0.1) is 0 Å². The monoisotopic (exact) mass is 351 g/mol. The molecule has 0 saturated carbocycles. The topological polar surface area (TPSA) is 77.2 Å². The van der Waals surface area contributed by atoms with E-state index in [1.54, 1.807) is 0 Å². The number of hydrogen-bond donors (Lipinski definition) is 4. The number of H-pyrrole nitrogens is 1. The molecule has 112 valence electrons. The fourth-order valence-corrected chi connectivity index (χ4v) is 3.42. The Morgan fingerprint density at radius 3 is 3.10 bits per heavy atom. The zero-order valence-corrected chi connectivity index (χ0v) is 13.2. The number of benzene rings is 1. The summed E-state index contributed by atoms with van der Waals surface area (Å²) in [6, 6.07) is 6.58. The Morgan fingerprint density at radius 1 is 1.43 bits per heavy atom. The van der Waals surface area contributed by atoms with E-state index in [-0.39, 0.29) is 6.04 Å². The van der Waals surface area contributed by atoms with Crippen molar-refractivity contribution in [1.82, 2.24) is 15.6 Å². The van der Waals surface area contributed by atoms with Gasteiger partial charge in [0.15, 0.2) is 0 Å². The number of aryl methyl sites for hydroxylation is 1. The third-order valence-corrected chi connectivity index (χ3v) is 4.45. The first-order valence-corrected chi connectivity index (χ1v) is 7.94. The molecule has 1 aliphatic carbocycles. The Labute approximate surface area is 131 Å². The molecule has 0 bridgehead atoms. The van der Waals surface area contributed by atoms with E-state index >= 15 is 0 Å². The van der Waals surface area contributed by atoms with E-state index in [0.717, 1.165) is 23.7 Å². The van der Waals surface area contributed by atoms with Crippen LogP contribution in [0.5, 0.6) is 0 Å². The molecule has 1 aromatic carbocycles. The highest BCUT2D eigenvalue weighted by Gasteiger charge is 2.23. The number of aromatic nitrogens is 1. The fraction of sp³-hybridized carbons (Fsp3) is 0.400. The van der Waals surface area contributed by atoms with Crippen LogP contribution >= 0.6 is 15.9 Å². The van der Waals surface area contributed by atoms with Crippen molar-refractivity contribution in [2.75, 3.05) is 13.1 Å². The summed E-state index contributed by atoms with van der Waals surface area (Å²) in [7, 11) is 0. The van der Waals surface area contributed by atoms with Gasteiger partial charge in [-0.15, -0.1) is 0 Å². The molecule has 1 aliphatic rings. The normalized spacial score (nSPS) is 17.7. The lowest BCUT2D eigenvalue weighted by molar-refractivity contribution is 0.194. The number of amides is 1. The van der Waals surface area contributed by atoms with Gasteiger partial charge in [-0.05, 0) is 43.0 Å². The number of halogens is 1. The largest absolute Gasteiger partial charge is 0.465 e. The van der Waals surface area contributed by atoms with Gasteiger partial charge in [0.25, 0.3) is 0 Å². The third kappa shape index (κ3) is 3.06. The molecule has 21 heavy (non-hydrogen) atoms. The van der Waals surface area contributed by atoms with Crippen molar-refractivity contribution >= 4 is 32.9 Å². The van der Waals surface area contributed by atoms with E-state index in [0.29, 0.717) is 13.1 Å². The molecule has 1 amide bonds. The molecule has 1 atom stereocenters. The second-order valence-corrected chi connectivity index (χ2v) is 6.25. The van der Waals surface area contributed by atoms with Crippen LogP contribution in [0.25, 0.3) is 10.9 Å². The van der Waals surface area contributed by atoms with Gasteiger partial charge in [-0.3, -0.25) is 0 Å². The van der Waals surface area contributed by atoms with Crippen LogP contribution in [0.15, 0.2) is 22.7 Å². The number of nitrogens with one attached hydrogen (secondary N) is 3. The van der Waals surface area contributed by atoms with Gasteiger partial charge < -0.3 is 20.7 Å². The summed E-state index contributed by atoms with van der Waals surface area (Å²) in [6.07, 6.45) is 2.35. The van der Waals surface area contributed by atoms with Crippen molar-refractivity contribution in [3.63, 3.8) is 0 Å². The molecule has 0 spiro atoms. The number of hydrogen-bond acceptors (Lipinski definition) is 2. The van der Waals surface area contributed by atoms with Crippen LogP contribution in [0, 0.1) is 0 Å². The molecule has 0 saturated heterocycles. The Balaban J connectivity index is 1.78. The third-order valence-electron chi connectivity index (χ3n) is 3.96. The van der Waals surface area contributed by atoms with E-state index in [4.69, 9.17) is 5.11 Å². The van der Waals surface area contributed by atoms with Crippen LogP contribution in [0.2, 0.25) is 0 Å². The number of fused-ring (bicyclic) bond motifs is 3. The van der Waals surface area contributed by atoms with E-state index in [1.807, 2.05) is 6.07 Å². The van der Waals surface area contributed by atoms with Crippen LogP contribution in [-0.2, 0) is 6.42 Å². The Kier molecular flexibility index (Phi) is 4.17. The molecule has 0 aliphatic heterocycles. The number of carboxylic acid groups (broad SMARTS) is 1. The second kappa shape index (κ2) is 6.07. The van der Waals surface area contributed by atoms with Gasteiger partial charge in [0, 0.05) is 40.2 Å². The van der Waals surface area contributed by atoms with Crippen LogP contribution < -0.4 is 10.6 Å². The summed E-state index contributed by atoms with van der Waals surface area (Å²) in [6.45, 7) is 1.06. The lowest BCUT2D eigenvalue weighted by atomic mass is 9.92. The first kappa shape index (κ1) is 14.4. The minimum atomic E-state index is -0.975. The molecule has 1 heterocycles. The van der Waals surface area contributed by atoms with Crippen LogP contribution in [0.1, 0.15) is 30.1 Å². The maximum atomic E-state index is 10.4. The quantitative estimate of drug-likeness (QED) is 0.639. The van der Waals surface area contributed by atoms with E-state index in [9.17, 15) is 4.79 Å². The van der Waals surface area contributed by atoms with Crippen molar-refractivity contribution in [2.24, 2.45) is 0 Å². The summed E-state index contributed by atoms with van der Waals surface area (Å²) in [5, 5.41) is 15.7. The number of aromatic amines is 1. The van der Waals surface area contributed by atoms with E-state index in [1.165, 1.54) is 22.2 Å². The molecule has 1 aromatic heterocycles. The zero-order valence-electron chi connectivity index (χ0n) is 11.6. The first-order valence-electron chi connectivity index (χ1n) is 7.15. The van der Waals surface area contributed by atoms with Gasteiger partial charge in [-0.1, -0.05) is 15.9 Å². The highest BCUT2D eigenvalue weighted by Crippen LogP contribution is 2.35. The highest BCUT2D eigenvalue weighted by molar-refractivity contribution is 9.10. The lowest BCUT2D eigenvalue weighted by Crippen LogP contribution is -2.34. The second-order valence-electron chi connectivity index (χ2n) is 5.34. The Bertz CT molecular complexity index is 668. The van der Waals surface area contributed by atoms with Crippen molar-refractivity contribution in [3.05, 3.63) is 33.9 Å². The average molecular weight is 352 g/mol. The smallest absolute Gasteiger partial charge is 0.404 e. The SMILES string of the molecule is O=C(O)NCCNC1CCCc2c1[nH]c1ccc(Br)cc21. The van der Waals surface area contributed by atoms with E-state index < -0.39 is 6.09 Å². The first-order chi connectivity index (χ1) is 10.1. The van der Waals surface area contributed by atoms with Gasteiger partial charge in [0.2, 0.25) is 0 Å². The summed E-state index contributed by atoms with van der Waals surface area (Å²) in [5.74, 6) is 0. The molecule has 1 unspecified atom stereocenters. The van der Waals surface area contributed by atoms with Crippen LogP contribution in [0.4, 0.5) is 4.79 Å². The molecule has 6 heteroatoms. The fourth-order valence-electron chi connectivity index (χ4n) is 3.05. The summed E-state index contributed by atoms with van der Waals surface area (Å²) in [5.41, 5.74) is 3.81. The average Bonchev–Trinajstić information content (AvgIpc) is 2.82. The number of carbonyl (C=O) groups is 1. The molecule has 5 nitrogen and oxygen atoms in total. The summed E-state index contributed by atoms with van der Waals surface area (Å²) < 4.78 is 1.09. The lowest BCUT2D eigenvalue weighted by Gasteiger charge is -2.24. The minimum absolute atomic E-state index is 0.274. The van der Waals surface area contributed by atoms with Crippen molar-refractivity contribution in [2.45, 2.75) is 25.3 Å². The van der Waals surface area contributed by atoms with Crippen molar-refractivity contribution in [3.8, 4) is 0 Å². The van der Waals surface area contributed by atoms with Gasteiger partial charge in [-0.25, -0.2) is 4.79 Å². The zero-order chi connectivity index (χ0) is 14.8. The maximum absolute atomic E-state index is 10.4. The molecule has 3 rings (SSSR count). The molecular formula is C15H18BrN3O2.